The van der Waals surface area contributed by atoms with Gasteiger partial charge in [-0.05, 0) is 44.4 Å². The summed E-state index contributed by atoms with van der Waals surface area (Å²) in [5.74, 6) is -1.45. The van der Waals surface area contributed by atoms with E-state index in [1.807, 2.05) is 17.5 Å². The van der Waals surface area contributed by atoms with Gasteiger partial charge >= 0.3 is 5.97 Å². The standard InChI is InChI=1S/C12H14O3S/c1-12(2,3)15-11(14)10(13)7-6-9-5-4-8-16-9/h4-8H,1-3H3/b7-6+. The van der Waals surface area contributed by atoms with Crippen LogP contribution in [0.25, 0.3) is 6.08 Å². The van der Waals surface area contributed by atoms with Gasteiger partial charge in [-0.15, -0.1) is 11.3 Å². The van der Waals surface area contributed by atoms with Crippen LogP contribution in [0.5, 0.6) is 0 Å². The molecule has 0 aliphatic rings. The van der Waals surface area contributed by atoms with Crippen LogP contribution in [0.1, 0.15) is 25.6 Å². The molecule has 0 fully saturated rings. The third-order valence-electron chi connectivity index (χ3n) is 1.54. The molecule has 1 rings (SSSR count). The molecule has 0 aliphatic carbocycles. The molecule has 0 unspecified atom stereocenters. The Bertz CT molecular complexity index is 396. The van der Waals surface area contributed by atoms with Gasteiger partial charge in [-0.2, -0.15) is 0 Å². The van der Waals surface area contributed by atoms with E-state index in [4.69, 9.17) is 4.74 Å². The van der Waals surface area contributed by atoms with Crippen LogP contribution in [0.2, 0.25) is 0 Å². The van der Waals surface area contributed by atoms with Crippen molar-refractivity contribution in [1.82, 2.24) is 0 Å². The number of hydrogen-bond donors (Lipinski definition) is 0. The fourth-order valence-electron chi connectivity index (χ4n) is 0.940. The lowest BCUT2D eigenvalue weighted by Gasteiger charge is -2.18. The molecule has 3 nitrogen and oxygen atoms in total. The SMILES string of the molecule is CC(C)(C)OC(=O)C(=O)/C=C/c1cccs1. The summed E-state index contributed by atoms with van der Waals surface area (Å²) < 4.78 is 4.93. The average molecular weight is 238 g/mol. The van der Waals surface area contributed by atoms with Gasteiger partial charge in [0.15, 0.2) is 0 Å². The molecule has 1 aromatic heterocycles. The zero-order chi connectivity index (χ0) is 12.2. The zero-order valence-electron chi connectivity index (χ0n) is 9.52. The first-order valence-corrected chi connectivity index (χ1v) is 5.75. The number of rotatable bonds is 3. The summed E-state index contributed by atoms with van der Waals surface area (Å²) in [7, 11) is 0. The highest BCUT2D eigenvalue weighted by Crippen LogP contribution is 2.11. The van der Waals surface area contributed by atoms with E-state index in [2.05, 4.69) is 0 Å². The second kappa shape index (κ2) is 5.07. The largest absolute Gasteiger partial charge is 0.454 e. The molecule has 0 spiro atoms. The van der Waals surface area contributed by atoms with E-state index < -0.39 is 17.4 Å². The molecule has 0 aliphatic heterocycles. The maximum atomic E-state index is 11.4. The lowest BCUT2D eigenvalue weighted by molar-refractivity contribution is -0.160. The maximum absolute atomic E-state index is 11.4. The Kier molecular flexibility index (Phi) is 4.01. The van der Waals surface area contributed by atoms with Crippen LogP contribution in [0, 0.1) is 0 Å². The highest BCUT2D eigenvalue weighted by Gasteiger charge is 2.20. The Morgan fingerprint density at radius 3 is 2.56 bits per heavy atom. The molecule has 0 aromatic carbocycles. The first kappa shape index (κ1) is 12.6. The third-order valence-corrected chi connectivity index (χ3v) is 2.38. The van der Waals surface area contributed by atoms with Gasteiger partial charge in [-0.3, -0.25) is 4.79 Å². The number of carbonyl (C=O) groups excluding carboxylic acids is 2. The van der Waals surface area contributed by atoms with Crippen LogP contribution in [0.3, 0.4) is 0 Å². The molecule has 86 valence electrons. The predicted octanol–water partition coefficient (Wildman–Crippen LogP) is 2.67. The minimum atomic E-state index is -0.819. The molecule has 1 heterocycles. The molecule has 4 heteroatoms. The lowest BCUT2D eigenvalue weighted by atomic mass is 10.2. The first-order valence-electron chi connectivity index (χ1n) is 4.87. The van der Waals surface area contributed by atoms with Gasteiger partial charge in [0.1, 0.15) is 5.60 Å². The smallest absolute Gasteiger partial charge is 0.379 e. The van der Waals surface area contributed by atoms with Crippen molar-refractivity contribution in [2.24, 2.45) is 0 Å². The number of ether oxygens (including phenoxy) is 1. The summed E-state index contributed by atoms with van der Waals surface area (Å²) in [5, 5.41) is 1.90. The van der Waals surface area contributed by atoms with E-state index in [1.165, 1.54) is 17.4 Å². The van der Waals surface area contributed by atoms with Crippen LogP contribution in [-0.4, -0.2) is 17.4 Å². The Hall–Kier alpha value is -1.42. The molecule has 0 saturated heterocycles. The maximum Gasteiger partial charge on any atom is 0.379 e. The van der Waals surface area contributed by atoms with Crippen molar-refractivity contribution in [2.45, 2.75) is 26.4 Å². The van der Waals surface area contributed by atoms with Crippen molar-refractivity contribution < 1.29 is 14.3 Å². The second-order valence-electron chi connectivity index (χ2n) is 4.21. The minimum Gasteiger partial charge on any atom is -0.454 e. The summed E-state index contributed by atoms with van der Waals surface area (Å²) in [5.41, 5.74) is -0.635. The predicted molar refractivity (Wildman–Crippen MR) is 64.2 cm³/mol. The summed E-state index contributed by atoms with van der Waals surface area (Å²) in [6, 6.07) is 3.74. The van der Waals surface area contributed by atoms with Crippen molar-refractivity contribution in [3.05, 3.63) is 28.5 Å². The summed E-state index contributed by atoms with van der Waals surface area (Å²) in [4.78, 5) is 23.6. The lowest BCUT2D eigenvalue weighted by Crippen LogP contribution is -2.27. The fourth-order valence-corrected chi connectivity index (χ4v) is 1.56. The summed E-state index contributed by atoms with van der Waals surface area (Å²) in [6.45, 7) is 5.17. The zero-order valence-corrected chi connectivity index (χ0v) is 10.3. The highest BCUT2D eigenvalue weighted by molar-refractivity contribution is 7.10. The molecular weight excluding hydrogens is 224 g/mol. The molecule has 0 bridgehead atoms. The van der Waals surface area contributed by atoms with Crippen LogP contribution >= 0.6 is 11.3 Å². The van der Waals surface area contributed by atoms with E-state index in [9.17, 15) is 9.59 Å². The van der Waals surface area contributed by atoms with Crippen molar-refractivity contribution in [3.8, 4) is 0 Å². The Labute approximate surface area is 98.7 Å². The van der Waals surface area contributed by atoms with Gasteiger partial charge < -0.3 is 4.74 Å². The van der Waals surface area contributed by atoms with Crippen LogP contribution in [0.15, 0.2) is 23.6 Å². The summed E-state index contributed by atoms with van der Waals surface area (Å²) >= 11 is 1.50. The fraction of sp³-hybridized carbons (Fsp3) is 0.333. The molecule has 0 saturated carbocycles. The average Bonchev–Trinajstić information content (AvgIpc) is 2.63. The number of ketones is 1. The Balaban J connectivity index is 2.56. The topological polar surface area (TPSA) is 43.4 Å². The van der Waals surface area contributed by atoms with Crippen LogP contribution in [-0.2, 0) is 14.3 Å². The van der Waals surface area contributed by atoms with E-state index in [0.717, 1.165) is 4.88 Å². The van der Waals surface area contributed by atoms with Gasteiger partial charge in [0.25, 0.3) is 5.78 Å². The van der Waals surface area contributed by atoms with E-state index in [0.29, 0.717) is 0 Å². The second-order valence-corrected chi connectivity index (χ2v) is 5.19. The molecule has 0 radical (unpaired) electrons. The number of thiophene rings is 1. The number of esters is 1. The Morgan fingerprint density at radius 2 is 2.06 bits per heavy atom. The van der Waals surface area contributed by atoms with Crippen molar-refractivity contribution in [1.29, 1.82) is 0 Å². The van der Waals surface area contributed by atoms with E-state index in [-0.39, 0.29) is 0 Å². The number of hydrogen-bond acceptors (Lipinski definition) is 4. The Morgan fingerprint density at radius 1 is 1.38 bits per heavy atom. The molecule has 1 aromatic rings. The van der Waals surface area contributed by atoms with Crippen molar-refractivity contribution in [2.75, 3.05) is 0 Å². The van der Waals surface area contributed by atoms with Gasteiger partial charge in [-0.1, -0.05) is 6.07 Å². The van der Waals surface area contributed by atoms with Crippen molar-refractivity contribution in [3.63, 3.8) is 0 Å². The van der Waals surface area contributed by atoms with Gasteiger partial charge in [0.05, 0.1) is 0 Å². The van der Waals surface area contributed by atoms with Gasteiger partial charge in [-0.25, -0.2) is 4.79 Å². The first-order chi connectivity index (χ1) is 7.38. The molecule has 16 heavy (non-hydrogen) atoms. The third kappa shape index (κ3) is 4.40. The quantitative estimate of drug-likeness (QED) is 0.462. The monoisotopic (exact) mass is 238 g/mol. The molecular formula is C12H14O3S. The minimum absolute atomic E-state index is 0.635. The molecule has 0 amide bonds. The normalized spacial score (nSPS) is 11.7. The molecule has 0 atom stereocenters. The summed E-state index contributed by atoms with van der Waals surface area (Å²) in [6.07, 6.45) is 2.84. The highest BCUT2D eigenvalue weighted by atomic mass is 32.1. The van der Waals surface area contributed by atoms with E-state index in [1.54, 1.807) is 26.8 Å². The van der Waals surface area contributed by atoms with Gasteiger partial charge in [0, 0.05) is 4.88 Å². The number of carbonyl (C=O) groups is 2. The van der Waals surface area contributed by atoms with E-state index >= 15 is 0 Å². The van der Waals surface area contributed by atoms with Crippen LogP contribution < -0.4 is 0 Å². The van der Waals surface area contributed by atoms with Crippen LogP contribution in [0.4, 0.5) is 0 Å². The van der Waals surface area contributed by atoms with Crippen molar-refractivity contribution >= 4 is 29.2 Å². The molecule has 0 N–H and O–H groups in total. The van der Waals surface area contributed by atoms with Gasteiger partial charge in [0.2, 0.25) is 0 Å².